The van der Waals surface area contributed by atoms with Crippen molar-refractivity contribution in [2.45, 2.75) is 105 Å². The number of amides is 4. The monoisotopic (exact) mass is 835 g/mol. The maximum Gasteiger partial charge on any atom is 0.266 e. The van der Waals surface area contributed by atoms with Crippen molar-refractivity contribution < 1.29 is 24.3 Å². The number of aliphatic hydroxyl groups excluding tert-OH is 1. The van der Waals surface area contributed by atoms with Crippen LogP contribution in [0.3, 0.4) is 0 Å². The van der Waals surface area contributed by atoms with Gasteiger partial charge in [-0.3, -0.25) is 19.2 Å². The Bertz CT molecular complexity index is 3020. The van der Waals surface area contributed by atoms with E-state index in [9.17, 15) is 9.90 Å². The zero-order valence-corrected chi connectivity index (χ0v) is 37.5. The Kier molecular flexibility index (Phi) is 10.7. The first-order valence-electron chi connectivity index (χ1n) is 22.6. The Hall–Kier alpha value is -6.06. The predicted molar refractivity (Wildman–Crippen MR) is 259 cm³/mol. The number of carbonyl (C=O) groups is 4. The number of benzene rings is 7. The van der Waals surface area contributed by atoms with Crippen LogP contribution in [0, 0.1) is 0 Å². The van der Waals surface area contributed by atoms with Gasteiger partial charge in [-0.05, 0) is 98.5 Å². The van der Waals surface area contributed by atoms with Gasteiger partial charge < -0.3 is 10.4 Å². The highest BCUT2D eigenvalue weighted by atomic mass is 16.3. The minimum atomic E-state index is -0.422. The van der Waals surface area contributed by atoms with Crippen molar-refractivity contribution in [2.75, 3.05) is 28.3 Å². The summed E-state index contributed by atoms with van der Waals surface area (Å²) in [5, 5.41) is 18.6. The van der Waals surface area contributed by atoms with Crippen molar-refractivity contribution in [1.82, 2.24) is 0 Å². The van der Waals surface area contributed by atoms with Crippen LogP contribution in [0.4, 0.5) is 17.1 Å². The second-order valence-corrected chi connectivity index (χ2v) is 18.7. The summed E-state index contributed by atoms with van der Waals surface area (Å²) in [5.41, 5.74) is 7.65. The molecule has 2 heterocycles. The minimum absolute atomic E-state index is 0.0494. The van der Waals surface area contributed by atoms with Gasteiger partial charge >= 0.3 is 0 Å². The van der Waals surface area contributed by atoms with Crippen molar-refractivity contribution in [3.63, 3.8) is 0 Å². The van der Waals surface area contributed by atoms with E-state index in [-0.39, 0.29) is 48.0 Å². The minimum Gasteiger partial charge on any atom is -0.396 e. The van der Waals surface area contributed by atoms with Crippen LogP contribution in [0.15, 0.2) is 72.8 Å². The Morgan fingerprint density at radius 2 is 0.905 bits per heavy atom. The predicted octanol–water partition coefficient (Wildman–Crippen LogP) is 11.6. The van der Waals surface area contributed by atoms with Crippen molar-refractivity contribution in [3.8, 4) is 0 Å². The molecule has 0 aliphatic carbocycles. The van der Waals surface area contributed by atoms with E-state index in [1.165, 1.54) is 9.80 Å². The molecule has 0 atom stereocenters. The lowest BCUT2D eigenvalue weighted by molar-refractivity contribution is 0.0877. The Balaban J connectivity index is 1.33. The van der Waals surface area contributed by atoms with Gasteiger partial charge in [0.2, 0.25) is 0 Å². The van der Waals surface area contributed by atoms with Gasteiger partial charge in [0.15, 0.2) is 0 Å². The molecular weight excluding hydrogens is 781 g/mol. The highest BCUT2D eigenvalue weighted by molar-refractivity contribution is 6.52. The first-order valence-corrected chi connectivity index (χ1v) is 22.6. The highest BCUT2D eigenvalue weighted by Crippen LogP contribution is 2.50. The lowest BCUT2D eigenvalue weighted by atomic mass is 9.76. The summed E-state index contributed by atoms with van der Waals surface area (Å²) in [7, 11) is 7.13. The Labute approximate surface area is 370 Å². The second-order valence-electron chi connectivity index (χ2n) is 18.7. The molecule has 9 rings (SSSR count). The third kappa shape index (κ3) is 6.36. The first-order chi connectivity index (χ1) is 30.2. The largest absolute Gasteiger partial charge is 0.396 e. The fourth-order valence-electron chi connectivity index (χ4n) is 10.4. The number of aliphatic hydroxyl groups is 1. The summed E-state index contributed by atoms with van der Waals surface area (Å²) in [6, 6.07) is 23.1. The normalized spacial score (nSPS) is 14.2. The number of nitrogens with one attached hydrogen (secondary N) is 1. The van der Waals surface area contributed by atoms with Crippen molar-refractivity contribution in [3.05, 3.63) is 117 Å². The van der Waals surface area contributed by atoms with E-state index in [0.29, 0.717) is 67.2 Å². The molecule has 0 saturated carbocycles. The van der Waals surface area contributed by atoms with Crippen LogP contribution in [-0.4, -0.2) is 49.7 Å². The third-order valence-corrected chi connectivity index (χ3v) is 13.4. The topological polar surface area (TPSA) is 107 Å². The van der Waals surface area contributed by atoms with E-state index in [1.54, 1.807) is 6.07 Å². The van der Waals surface area contributed by atoms with Crippen LogP contribution >= 0.6 is 0 Å². The van der Waals surface area contributed by atoms with E-state index in [0.717, 1.165) is 75.2 Å². The summed E-state index contributed by atoms with van der Waals surface area (Å²) >= 11 is 0. The average molecular weight is 836 g/mol. The number of hydrogen-bond acceptors (Lipinski definition) is 6. The van der Waals surface area contributed by atoms with Crippen molar-refractivity contribution >= 4 is 97.1 Å². The van der Waals surface area contributed by atoms with Crippen molar-refractivity contribution in [1.29, 1.82) is 0 Å². The molecular formula is C54H54BN3O5. The lowest BCUT2D eigenvalue weighted by Crippen LogP contribution is -2.42. The number of carbonyl (C=O) groups excluding carboxylic acids is 4. The van der Waals surface area contributed by atoms with Crippen LogP contribution in [-0.2, 0) is 0 Å². The standard InChI is InChI=1S/C54H54BN3O5/c1-27(2)31-15-13-16-32(28(3)4)49(31)57-51(60)37-22-20-36-46-42(56-23-11-9-10-12-24-59)26-40-44-38(21-19-35(48(44)46)45-41(55)25-39(53(57)62)43(37)47(36)45)52(61)58(54(40)63)50-33(29(5)6)17-14-18-34(50)30(7)8/h13-22,25-30,56,59H,9-12,23-24H2,1-8H3. The summed E-state index contributed by atoms with van der Waals surface area (Å²) in [6.45, 7) is 17.3. The SMILES string of the molecule is [B]c1cc2c3c(ccc4c5c(NCCCCCCO)cc6c7c(ccc(c1c34)c75)C(=O)N(c1c(C(C)C)cccc1C(C)C)C6=O)C(=O)N(c1c(C(C)C)cccc1C(C)C)C2=O. The fraction of sp³-hybridized carbons (Fsp3) is 0.333. The molecule has 2 aliphatic heterocycles. The molecule has 0 bridgehead atoms. The number of anilines is 3. The van der Waals surface area contributed by atoms with Crippen LogP contribution in [0.1, 0.15) is 168 Å². The number of para-hydroxylation sites is 2. The molecule has 9 heteroatoms. The summed E-state index contributed by atoms with van der Waals surface area (Å²) in [6.07, 6.45) is 3.36. The summed E-state index contributed by atoms with van der Waals surface area (Å²) in [5.74, 6) is -1.38. The molecule has 7 aromatic rings. The summed E-state index contributed by atoms with van der Waals surface area (Å²) in [4.78, 5) is 63.0. The molecule has 0 fully saturated rings. The van der Waals surface area contributed by atoms with Crippen LogP contribution in [0.25, 0.3) is 43.1 Å². The van der Waals surface area contributed by atoms with E-state index in [2.05, 4.69) is 60.7 Å². The van der Waals surface area contributed by atoms with Gasteiger partial charge in [-0.15, -0.1) is 0 Å². The smallest absolute Gasteiger partial charge is 0.266 e. The number of rotatable bonds is 13. The van der Waals surface area contributed by atoms with Crippen molar-refractivity contribution in [2.24, 2.45) is 0 Å². The molecule has 4 amide bonds. The molecule has 318 valence electrons. The van der Waals surface area contributed by atoms with Gasteiger partial charge in [0, 0.05) is 57.1 Å². The third-order valence-electron chi connectivity index (χ3n) is 13.4. The number of imide groups is 2. The molecule has 0 spiro atoms. The molecule has 0 saturated heterocycles. The fourth-order valence-corrected chi connectivity index (χ4v) is 10.4. The van der Waals surface area contributed by atoms with E-state index in [4.69, 9.17) is 7.85 Å². The van der Waals surface area contributed by atoms with E-state index in [1.807, 2.05) is 66.7 Å². The molecule has 2 N–H and O–H groups in total. The lowest BCUT2D eigenvalue weighted by Gasteiger charge is -2.34. The Morgan fingerprint density at radius 1 is 0.492 bits per heavy atom. The molecule has 0 aromatic heterocycles. The molecule has 2 aliphatic rings. The maximum atomic E-state index is 15.2. The molecule has 7 aromatic carbocycles. The van der Waals surface area contributed by atoms with Gasteiger partial charge in [0.25, 0.3) is 23.6 Å². The number of nitrogens with zero attached hydrogens (tertiary/aromatic N) is 2. The number of hydrogen-bond donors (Lipinski definition) is 2. The van der Waals surface area contributed by atoms with E-state index < -0.39 is 5.91 Å². The van der Waals surface area contributed by atoms with E-state index >= 15 is 14.4 Å². The van der Waals surface area contributed by atoms with Crippen LogP contribution in [0.2, 0.25) is 0 Å². The molecule has 8 nitrogen and oxygen atoms in total. The molecule has 2 radical (unpaired) electrons. The quantitative estimate of drug-likeness (QED) is 0.0394. The number of fused-ring (bicyclic) bond motifs is 2. The highest BCUT2D eigenvalue weighted by Gasteiger charge is 2.41. The second kappa shape index (κ2) is 15.9. The average Bonchev–Trinajstić information content (AvgIpc) is 3.25. The summed E-state index contributed by atoms with van der Waals surface area (Å²) < 4.78 is 0. The zero-order chi connectivity index (χ0) is 44.8. The zero-order valence-electron chi connectivity index (χ0n) is 37.5. The molecule has 63 heavy (non-hydrogen) atoms. The van der Waals surface area contributed by atoms with Gasteiger partial charge in [-0.25, -0.2) is 9.80 Å². The van der Waals surface area contributed by atoms with Gasteiger partial charge in [-0.2, -0.15) is 0 Å². The number of unbranched alkanes of at least 4 members (excludes halogenated alkanes) is 3. The maximum absolute atomic E-state index is 15.2. The van der Waals surface area contributed by atoms with Gasteiger partial charge in [0.1, 0.15) is 7.85 Å². The van der Waals surface area contributed by atoms with Crippen LogP contribution < -0.4 is 20.6 Å². The Morgan fingerprint density at radius 3 is 1.37 bits per heavy atom. The first kappa shape index (κ1) is 42.3. The van der Waals surface area contributed by atoms with Gasteiger partial charge in [-0.1, -0.05) is 128 Å². The van der Waals surface area contributed by atoms with Crippen LogP contribution in [0.5, 0.6) is 0 Å². The molecule has 0 unspecified atom stereocenters. The van der Waals surface area contributed by atoms with Gasteiger partial charge in [0.05, 0.1) is 16.9 Å².